The molecule has 0 saturated heterocycles. The quantitative estimate of drug-likeness (QED) is 0.213. The molecule has 0 aliphatic carbocycles. The highest BCUT2D eigenvalue weighted by atomic mass is 35.5. The molecule has 9 heteroatoms. The Morgan fingerprint density at radius 1 is 1.00 bits per heavy atom. The molecule has 39 heavy (non-hydrogen) atoms. The van der Waals surface area contributed by atoms with E-state index in [9.17, 15) is 9.59 Å². The lowest BCUT2D eigenvalue weighted by Crippen LogP contribution is -2.50. The fraction of sp³-hybridized carbons (Fsp3) is 0.333. The number of carbonyl (C=O) groups excluding carboxylic acids is 2. The summed E-state index contributed by atoms with van der Waals surface area (Å²) in [6.45, 7) is 3.36. The molecule has 0 N–H and O–H groups in total. The normalized spacial score (nSPS) is 17.4. The lowest BCUT2D eigenvalue weighted by Gasteiger charge is -2.34. The molecule has 4 rings (SSSR count). The zero-order valence-electron chi connectivity index (χ0n) is 22.5. The van der Waals surface area contributed by atoms with Gasteiger partial charge in [0.25, 0.3) is 5.91 Å². The van der Waals surface area contributed by atoms with E-state index in [1.807, 2.05) is 66.7 Å². The number of hydrogen-bond acceptors (Lipinski definition) is 5. The summed E-state index contributed by atoms with van der Waals surface area (Å²) in [5.74, 6) is -0.000289. The van der Waals surface area contributed by atoms with Crippen LogP contribution in [0.1, 0.15) is 23.3 Å². The number of amides is 1. The van der Waals surface area contributed by atoms with Crippen molar-refractivity contribution in [2.24, 2.45) is 0 Å². The largest absolute Gasteiger partial charge is 0.497 e. The summed E-state index contributed by atoms with van der Waals surface area (Å²) in [4.78, 5) is 29.0. The van der Waals surface area contributed by atoms with Crippen molar-refractivity contribution in [1.29, 1.82) is 0 Å². The van der Waals surface area contributed by atoms with Crippen LogP contribution in [-0.4, -0.2) is 63.3 Å². The predicted octanol–water partition coefficient (Wildman–Crippen LogP) is 6.43. The van der Waals surface area contributed by atoms with Crippen LogP contribution in [0.2, 0.25) is 10.0 Å². The summed E-state index contributed by atoms with van der Waals surface area (Å²) in [6.07, 6.45) is -0.153. The molecule has 6 nitrogen and oxygen atoms in total. The predicted molar refractivity (Wildman–Crippen MR) is 158 cm³/mol. The molecule has 0 saturated carbocycles. The first kappa shape index (κ1) is 29.3. The van der Waals surface area contributed by atoms with Crippen LogP contribution in [0.25, 0.3) is 0 Å². The van der Waals surface area contributed by atoms with Crippen LogP contribution >= 0.6 is 35.0 Å². The number of likely N-dealkylation sites (N-methyl/N-ethyl adjacent to an activating group) is 1. The number of methoxy groups -OCH3 is 1. The second kappa shape index (κ2) is 12.6. The summed E-state index contributed by atoms with van der Waals surface area (Å²) in [5, 5.41) is 0.683. The van der Waals surface area contributed by atoms with Gasteiger partial charge in [0.05, 0.1) is 61.8 Å². The van der Waals surface area contributed by atoms with Crippen LogP contribution < -0.4 is 9.64 Å². The van der Waals surface area contributed by atoms with Crippen molar-refractivity contribution in [3.63, 3.8) is 0 Å². The Morgan fingerprint density at radius 3 is 2.38 bits per heavy atom. The monoisotopic (exact) mass is 587 g/mol. The van der Waals surface area contributed by atoms with Gasteiger partial charge in [-0.2, -0.15) is 0 Å². The third kappa shape index (κ3) is 7.28. The number of thioether (sulfide) groups is 1. The standard InChI is InChI=1S/C30H33Cl2N2O4S/c1-20(35)38-28-29(22-10-12-23(37-4)13-11-22)39-27-8-6-5-7-26(27)33(30(28)36)16-18-34(2,3)17-15-21-9-14-24(31)25(32)19-21/h5-14,19,28-29H,15-18H2,1-4H3/q+1/t28-,29+/m0/s1. The second-order valence-corrected chi connectivity index (χ2v) is 12.2. The number of rotatable bonds is 9. The van der Waals surface area contributed by atoms with E-state index >= 15 is 0 Å². The van der Waals surface area contributed by atoms with Gasteiger partial charge in [0.15, 0.2) is 6.10 Å². The number of halogens is 2. The van der Waals surface area contributed by atoms with Crippen molar-refractivity contribution in [3.05, 3.63) is 87.9 Å². The molecular weight excluding hydrogens is 555 g/mol. The number of carbonyl (C=O) groups is 2. The third-order valence-electron chi connectivity index (χ3n) is 6.85. The Kier molecular flexibility index (Phi) is 9.49. The molecule has 206 valence electrons. The van der Waals surface area contributed by atoms with Crippen LogP contribution in [0.4, 0.5) is 5.69 Å². The Morgan fingerprint density at radius 2 is 1.72 bits per heavy atom. The number of ether oxygens (including phenoxy) is 2. The van der Waals surface area contributed by atoms with Crippen molar-refractivity contribution in [3.8, 4) is 5.75 Å². The number of anilines is 1. The van der Waals surface area contributed by atoms with E-state index in [2.05, 4.69) is 14.1 Å². The van der Waals surface area contributed by atoms with Gasteiger partial charge < -0.3 is 18.9 Å². The highest BCUT2D eigenvalue weighted by Crippen LogP contribution is 2.47. The number of hydrogen-bond donors (Lipinski definition) is 0. The minimum absolute atomic E-state index is 0.229. The highest BCUT2D eigenvalue weighted by molar-refractivity contribution is 7.99. The maximum absolute atomic E-state index is 14.1. The molecule has 3 aromatic carbocycles. The van der Waals surface area contributed by atoms with E-state index in [0.717, 1.165) is 40.4 Å². The van der Waals surface area contributed by atoms with Crippen LogP contribution in [0.3, 0.4) is 0 Å². The minimum Gasteiger partial charge on any atom is -0.497 e. The van der Waals surface area contributed by atoms with E-state index in [-0.39, 0.29) is 5.91 Å². The zero-order valence-corrected chi connectivity index (χ0v) is 24.9. The van der Waals surface area contributed by atoms with Crippen molar-refractivity contribution in [2.75, 3.05) is 45.7 Å². The Bertz CT molecular complexity index is 1330. The van der Waals surface area contributed by atoms with E-state index in [1.54, 1.807) is 12.0 Å². The van der Waals surface area contributed by atoms with Gasteiger partial charge in [0.2, 0.25) is 0 Å². The van der Waals surface area contributed by atoms with Gasteiger partial charge in [-0.15, -0.1) is 11.8 Å². The summed E-state index contributed by atoms with van der Waals surface area (Å²) in [6, 6.07) is 21.1. The molecule has 1 amide bonds. The first-order valence-electron chi connectivity index (χ1n) is 12.7. The highest BCUT2D eigenvalue weighted by Gasteiger charge is 2.41. The molecule has 1 aliphatic rings. The summed E-state index contributed by atoms with van der Waals surface area (Å²) >= 11 is 13.8. The van der Waals surface area contributed by atoms with Crippen molar-refractivity contribution in [1.82, 2.24) is 0 Å². The van der Waals surface area contributed by atoms with E-state index in [1.165, 1.54) is 18.7 Å². The smallest absolute Gasteiger partial charge is 0.303 e. The Hall–Kier alpha value is -2.71. The number of quaternary nitrogens is 1. The topological polar surface area (TPSA) is 55.8 Å². The van der Waals surface area contributed by atoms with Crippen LogP contribution in [0, 0.1) is 0 Å². The van der Waals surface area contributed by atoms with Gasteiger partial charge in [0.1, 0.15) is 5.75 Å². The van der Waals surface area contributed by atoms with Gasteiger partial charge >= 0.3 is 5.97 Å². The van der Waals surface area contributed by atoms with Crippen molar-refractivity contribution >= 4 is 52.5 Å². The molecule has 0 fully saturated rings. The van der Waals surface area contributed by atoms with Crippen LogP contribution in [0.5, 0.6) is 5.75 Å². The molecule has 1 heterocycles. The van der Waals surface area contributed by atoms with Gasteiger partial charge in [0, 0.05) is 18.2 Å². The molecule has 0 bridgehead atoms. The minimum atomic E-state index is -0.972. The van der Waals surface area contributed by atoms with Crippen molar-refractivity contribution in [2.45, 2.75) is 29.6 Å². The number of benzene rings is 3. The second-order valence-electron chi connectivity index (χ2n) is 10.2. The van der Waals surface area contributed by atoms with Gasteiger partial charge in [-0.1, -0.05) is 53.5 Å². The molecule has 0 aromatic heterocycles. The summed E-state index contributed by atoms with van der Waals surface area (Å²) < 4.78 is 11.7. The van der Waals surface area contributed by atoms with Crippen LogP contribution in [0.15, 0.2) is 71.6 Å². The average molecular weight is 589 g/mol. The van der Waals surface area contributed by atoms with Gasteiger partial charge in [-0.05, 0) is 47.5 Å². The lowest BCUT2D eigenvalue weighted by molar-refractivity contribution is -0.888. The number of fused-ring (bicyclic) bond motifs is 1. The van der Waals surface area contributed by atoms with Crippen LogP contribution in [-0.2, 0) is 20.7 Å². The molecule has 0 spiro atoms. The molecule has 3 aromatic rings. The fourth-order valence-electron chi connectivity index (χ4n) is 4.55. The van der Waals surface area contributed by atoms with Gasteiger partial charge in [-0.25, -0.2) is 0 Å². The third-order valence-corrected chi connectivity index (χ3v) is 8.96. The molecule has 1 aliphatic heterocycles. The molecule has 2 atom stereocenters. The average Bonchev–Trinajstić information content (AvgIpc) is 3.02. The SMILES string of the molecule is COc1ccc([C@H]2Sc3ccccc3N(CC[N+](C)(C)CCc3ccc(Cl)c(Cl)c3)C(=O)[C@H]2OC(C)=O)cc1. The number of para-hydroxylation sites is 1. The Balaban J connectivity index is 1.58. The summed E-state index contributed by atoms with van der Waals surface area (Å²) in [7, 11) is 5.90. The molecule has 0 unspecified atom stereocenters. The van der Waals surface area contributed by atoms with E-state index in [0.29, 0.717) is 27.6 Å². The summed E-state index contributed by atoms with van der Waals surface area (Å²) in [5.41, 5.74) is 2.82. The van der Waals surface area contributed by atoms with E-state index < -0.39 is 17.3 Å². The number of nitrogens with zero attached hydrogens (tertiary/aromatic N) is 2. The van der Waals surface area contributed by atoms with Gasteiger partial charge in [-0.3, -0.25) is 9.59 Å². The Labute approximate surface area is 244 Å². The maximum Gasteiger partial charge on any atom is 0.303 e. The van der Waals surface area contributed by atoms with E-state index in [4.69, 9.17) is 32.7 Å². The number of esters is 1. The first-order valence-corrected chi connectivity index (χ1v) is 14.4. The molecular formula is C30H33Cl2N2O4S+. The molecule has 0 radical (unpaired) electrons. The van der Waals surface area contributed by atoms with Crippen molar-refractivity contribution < 1.29 is 23.5 Å². The lowest BCUT2D eigenvalue weighted by atomic mass is 10.1. The fourth-order valence-corrected chi connectivity index (χ4v) is 6.19. The zero-order chi connectivity index (χ0) is 28.2. The first-order chi connectivity index (χ1) is 18.6. The maximum atomic E-state index is 14.1.